The van der Waals surface area contributed by atoms with Crippen LogP contribution >= 0.6 is 39.3 Å². The highest BCUT2D eigenvalue weighted by molar-refractivity contribution is 9.10. The second-order valence-electron chi connectivity index (χ2n) is 5.68. The highest BCUT2D eigenvalue weighted by Crippen LogP contribution is 2.32. The molecule has 0 fully saturated rings. The van der Waals surface area contributed by atoms with Crippen molar-refractivity contribution in [2.75, 3.05) is 0 Å². The normalized spacial score (nSPS) is 11.4. The van der Waals surface area contributed by atoms with Crippen LogP contribution < -0.4 is 5.56 Å². The lowest BCUT2D eigenvalue weighted by Gasteiger charge is -2.07. The quantitative estimate of drug-likeness (QED) is 0.431. The number of aromatic nitrogens is 1. The van der Waals surface area contributed by atoms with E-state index in [-0.39, 0.29) is 16.9 Å². The number of aromatic hydroxyl groups is 1. The number of halogens is 3. The van der Waals surface area contributed by atoms with Crippen molar-refractivity contribution in [1.82, 2.24) is 4.09 Å². The Balaban J connectivity index is 2.06. The average molecular weight is 453 g/mol. The number of rotatable bonds is 3. The second kappa shape index (κ2) is 7.27. The van der Waals surface area contributed by atoms with E-state index in [1.54, 1.807) is 6.07 Å². The SMILES string of the molecule is Cc1cccc2cc(/C=C/C(=O)c3cc(Cl)cc(Br)c3O)c(=O)n(Cl)c12. The van der Waals surface area contributed by atoms with Gasteiger partial charge >= 0.3 is 0 Å². The van der Waals surface area contributed by atoms with Crippen molar-refractivity contribution in [2.45, 2.75) is 6.92 Å². The number of benzene rings is 2. The third kappa shape index (κ3) is 3.43. The van der Waals surface area contributed by atoms with Crippen molar-refractivity contribution < 1.29 is 9.90 Å². The highest BCUT2D eigenvalue weighted by atomic mass is 79.9. The summed E-state index contributed by atoms with van der Waals surface area (Å²) >= 11 is 15.2. The number of allylic oxidation sites excluding steroid dienone is 1. The smallest absolute Gasteiger partial charge is 0.272 e. The van der Waals surface area contributed by atoms with Crippen molar-refractivity contribution in [1.29, 1.82) is 0 Å². The van der Waals surface area contributed by atoms with Gasteiger partial charge in [0.15, 0.2) is 5.78 Å². The molecule has 0 amide bonds. The molecule has 7 heteroatoms. The van der Waals surface area contributed by atoms with E-state index < -0.39 is 11.3 Å². The molecule has 1 aromatic heterocycles. The predicted molar refractivity (Wildman–Crippen MR) is 108 cm³/mol. The van der Waals surface area contributed by atoms with Crippen LogP contribution in [0, 0.1) is 6.92 Å². The van der Waals surface area contributed by atoms with Crippen molar-refractivity contribution in [3.63, 3.8) is 0 Å². The monoisotopic (exact) mass is 451 g/mol. The minimum Gasteiger partial charge on any atom is -0.506 e. The molecule has 132 valence electrons. The van der Waals surface area contributed by atoms with E-state index in [2.05, 4.69) is 15.9 Å². The van der Waals surface area contributed by atoms with Crippen LogP contribution in [0.4, 0.5) is 0 Å². The molecule has 4 nitrogen and oxygen atoms in total. The maximum Gasteiger partial charge on any atom is 0.272 e. The number of carbonyl (C=O) groups is 1. The molecule has 3 aromatic rings. The fraction of sp³-hybridized carbons (Fsp3) is 0.0526. The molecule has 0 unspecified atom stereocenters. The summed E-state index contributed by atoms with van der Waals surface area (Å²) < 4.78 is 1.36. The van der Waals surface area contributed by atoms with Gasteiger partial charge in [-0.2, -0.15) is 0 Å². The molecule has 0 saturated heterocycles. The Kier molecular flexibility index (Phi) is 5.23. The van der Waals surface area contributed by atoms with Crippen LogP contribution in [0.1, 0.15) is 21.5 Å². The van der Waals surface area contributed by atoms with Crippen LogP contribution in [0.3, 0.4) is 0 Å². The first-order chi connectivity index (χ1) is 12.3. The minimum atomic E-state index is -0.490. The van der Waals surface area contributed by atoms with E-state index in [0.717, 1.165) is 15.0 Å². The molecule has 0 atom stereocenters. The van der Waals surface area contributed by atoms with Crippen molar-refractivity contribution in [3.05, 3.63) is 79.0 Å². The van der Waals surface area contributed by atoms with Gasteiger partial charge in [0, 0.05) is 27.7 Å². The number of phenols is 1. The topological polar surface area (TPSA) is 59.3 Å². The number of phenolic OH excluding ortho intramolecular Hbond substituents is 1. The van der Waals surface area contributed by atoms with Crippen molar-refractivity contribution in [2.24, 2.45) is 0 Å². The summed E-state index contributed by atoms with van der Waals surface area (Å²) in [5.41, 5.74) is 1.35. The number of hydrogen-bond donors (Lipinski definition) is 1. The molecule has 0 aliphatic heterocycles. The molecular weight excluding hydrogens is 441 g/mol. The maximum atomic E-state index is 12.4. The summed E-state index contributed by atoms with van der Waals surface area (Å²) in [5.74, 6) is -0.705. The van der Waals surface area contributed by atoms with Crippen molar-refractivity contribution in [3.8, 4) is 5.75 Å². The van der Waals surface area contributed by atoms with E-state index in [1.165, 1.54) is 24.3 Å². The van der Waals surface area contributed by atoms with Gasteiger partial charge in [-0.15, -0.1) is 0 Å². The van der Waals surface area contributed by atoms with Gasteiger partial charge in [-0.1, -0.05) is 29.8 Å². The predicted octanol–water partition coefficient (Wildman–Crippen LogP) is 5.33. The zero-order valence-electron chi connectivity index (χ0n) is 13.5. The number of hydrogen-bond acceptors (Lipinski definition) is 3. The summed E-state index contributed by atoms with van der Waals surface area (Å²) in [6.07, 6.45) is 2.58. The zero-order chi connectivity index (χ0) is 19.0. The Hall–Kier alpha value is -2.08. The van der Waals surface area contributed by atoms with Gasteiger partial charge in [0.05, 0.1) is 15.6 Å². The Morgan fingerprint density at radius 3 is 2.73 bits per heavy atom. The lowest BCUT2D eigenvalue weighted by atomic mass is 10.1. The van der Waals surface area contributed by atoms with Crippen LogP contribution in [-0.4, -0.2) is 15.0 Å². The van der Waals surface area contributed by atoms with E-state index in [0.29, 0.717) is 15.0 Å². The average Bonchev–Trinajstić information content (AvgIpc) is 2.59. The molecule has 1 heterocycles. The first kappa shape index (κ1) is 18.7. The second-order valence-corrected chi connectivity index (χ2v) is 7.31. The van der Waals surface area contributed by atoms with Gasteiger partial charge < -0.3 is 5.11 Å². The van der Waals surface area contributed by atoms with Crippen molar-refractivity contribution >= 4 is 62.1 Å². The van der Waals surface area contributed by atoms with Gasteiger partial charge in [0.1, 0.15) is 5.75 Å². The molecule has 0 saturated carbocycles. The number of carbonyl (C=O) groups excluding carboxylic acids is 1. The van der Waals surface area contributed by atoms with Gasteiger partial charge in [0.2, 0.25) is 0 Å². The molecule has 0 radical (unpaired) electrons. The summed E-state index contributed by atoms with van der Waals surface area (Å²) in [6, 6.07) is 10.1. The summed E-state index contributed by atoms with van der Waals surface area (Å²) in [7, 11) is 0. The van der Waals surface area contributed by atoms with Gasteiger partial charge in [-0.25, -0.2) is 4.09 Å². The van der Waals surface area contributed by atoms with Crippen LogP contribution in [-0.2, 0) is 0 Å². The molecule has 3 rings (SSSR count). The fourth-order valence-electron chi connectivity index (χ4n) is 2.64. The molecule has 0 aliphatic rings. The van der Waals surface area contributed by atoms with Gasteiger partial charge in [-0.05, 0) is 58.8 Å². The molecule has 1 N–H and O–H groups in total. The Labute approximate surface area is 167 Å². The number of pyridine rings is 1. The molecule has 0 aliphatic carbocycles. The lowest BCUT2D eigenvalue weighted by molar-refractivity contribution is 0.104. The van der Waals surface area contributed by atoms with Crippen LogP contribution in [0.5, 0.6) is 5.75 Å². The molecule has 26 heavy (non-hydrogen) atoms. The third-order valence-corrected chi connectivity index (χ3v) is 5.05. The summed E-state index contributed by atoms with van der Waals surface area (Å²) in [5, 5.41) is 11.1. The van der Waals surface area contributed by atoms with E-state index in [9.17, 15) is 14.7 Å². The first-order valence-corrected chi connectivity index (χ1v) is 9.02. The number of fused-ring (bicyclic) bond motifs is 1. The maximum absolute atomic E-state index is 12.4. The van der Waals surface area contributed by atoms with E-state index in [4.69, 9.17) is 23.4 Å². The minimum absolute atomic E-state index is 0.0310. The summed E-state index contributed by atoms with van der Waals surface area (Å²) in [6.45, 7) is 1.86. The fourth-order valence-corrected chi connectivity index (χ4v) is 3.78. The van der Waals surface area contributed by atoms with E-state index in [1.807, 2.05) is 25.1 Å². The Morgan fingerprint density at radius 1 is 1.27 bits per heavy atom. The third-order valence-electron chi connectivity index (χ3n) is 3.91. The number of ketones is 1. The number of nitrogens with zero attached hydrogens (tertiary/aromatic N) is 1. The lowest BCUT2D eigenvalue weighted by Crippen LogP contribution is -2.16. The van der Waals surface area contributed by atoms with Crippen LogP contribution in [0.2, 0.25) is 5.02 Å². The van der Waals surface area contributed by atoms with Gasteiger partial charge in [-0.3, -0.25) is 9.59 Å². The first-order valence-electron chi connectivity index (χ1n) is 7.51. The Bertz CT molecular complexity index is 1140. The van der Waals surface area contributed by atoms with E-state index >= 15 is 0 Å². The zero-order valence-corrected chi connectivity index (χ0v) is 16.6. The number of para-hydroxylation sites is 1. The number of aryl methyl sites for hydroxylation is 1. The summed E-state index contributed by atoms with van der Waals surface area (Å²) in [4.78, 5) is 24.8. The standard InChI is InChI=1S/C19H12BrCl2NO3/c1-10-3-2-4-11-7-12(19(26)23(22)17(10)11)5-6-16(24)14-8-13(21)9-15(20)18(14)25/h2-9,25H,1H3/b6-5+. The highest BCUT2D eigenvalue weighted by Gasteiger charge is 2.14. The Morgan fingerprint density at radius 2 is 2.00 bits per heavy atom. The van der Waals surface area contributed by atoms with Crippen LogP contribution in [0.25, 0.3) is 17.0 Å². The molecule has 0 spiro atoms. The molecule has 2 aromatic carbocycles. The largest absolute Gasteiger partial charge is 0.506 e. The van der Waals surface area contributed by atoms with Gasteiger partial charge in [0.25, 0.3) is 5.56 Å². The molecular formula is C19H12BrCl2NO3. The van der Waals surface area contributed by atoms with Crippen LogP contribution in [0.15, 0.2) is 51.7 Å². The molecule has 0 bridgehead atoms.